The number of rotatable bonds is 4. The van der Waals surface area contributed by atoms with Gasteiger partial charge in [0.25, 0.3) is 0 Å². The first-order valence-corrected chi connectivity index (χ1v) is 7.04. The second kappa shape index (κ2) is 6.26. The number of anilines is 2. The van der Waals surface area contributed by atoms with Crippen LogP contribution in [0.25, 0.3) is 11.1 Å². The van der Waals surface area contributed by atoms with Gasteiger partial charge in [-0.3, -0.25) is 0 Å². The molecule has 0 saturated heterocycles. The van der Waals surface area contributed by atoms with Gasteiger partial charge in [0.2, 0.25) is 5.95 Å². The number of hydrogen-bond donors (Lipinski definition) is 0. The summed E-state index contributed by atoms with van der Waals surface area (Å²) >= 11 is 0. The summed E-state index contributed by atoms with van der Waals surface area (Å²) in [6.07, 6.45) is 3.64. The van der Waals surface area contributed by atoms with E-state index >= 15 is 0 Å². The minimum atomic E-state index is 0.657. The molecule has 0 bridgehead atoms. The maximum absolute atomic E-state index is 5.38. The van der Waals surface area contributed by atoms with Crippen LogP contribution < -0.4 is 9.64 Å². The SMILES string of the molecule is COc1ccccc1-c1cnc(N(C)c2ccccc2)nc1. The molecule has 1 aromatic heterocycles. The van der Waals surface area contributed by atoms with Gasteiger partial charge in [0.05, 0.1) is 7.11 Å². The second-order valence-corrected chi connectivity index (χ2v) is 4.87. The van der Waals surface area contributed by atoms with Crippen molar-refractivity contribution in [2.24, 2.45) is 0 Å². The zero-order valence-corrected chi connectivity index (χ0v) is 12.6. The normalized spacial score (nSPS) is 10.3. The summed E-state index contributed by atoms with van der Waals surface area (Å²) in [6, 6.07) is 17.9. The molecular formula is C18H17N3O. The maximum atomic E-state index is 5.38. The number of methoxy groups -OCH3 is 1. The van der Waals surface area contributed by atoms with E-state index in [9.17, 15) is 0 Å². The Kier molecular flexibility index (Phi) is 4.01. The van der Waals surface area contributed by atoms with Crippen LogP contribution in [0.15, 0.2) is 67.0 Å². The molecule has 22 heavy (non-hydrogen) atoms. The molecule has 0 aliphatic carbocycles. The molecule has 0 amide bonds. The van der Waals surface area contributed by atoms with Gasteiger partial charge in [0.1, 0.15) is 5.75 Å². The highest BCUT2D eigenvalue weighted by Gasteiger charge is 2.09. The van der Waals surface area contributed by atoms with Crippen molar-refractivity contribution >= 4 is 11.6 Å². The second-order valence-electron chi connectivity index (χ2n) is 4.87. The van der Waals surface area contributed by atoms with Crippen LogP contribution in [0.5, 0.6) is 5.75 Å². The minimum absolute atomic E-state index is 0.657. The number of nitrogens with zero attached hydrogens (tertiary/aromatic N) is 3. The Balaban J connectivity index is 1.90. The third-order valence-corrected chi connectivity index (χ3v) is 3.50. The third kappa shape index (κ3) is 2.76. The Morgan fingerprint density at radius 2 is 1.50 bits per heavy atom. The lowest BCUT2D eigenvalue weighted by Crippen LogP contribution is -2.12. The average molecular weight is 291 g/mol. The first-order valence-electron chi connectivity index (χ1n) is 7.04. The van der Waals surface area contributed by atoms with E-state index in [-0.39, 0.29) is 0 Å². The van der Waals surface area contributed by atoms with E-state index in [4.69, 9.17) is 4.74 Å². The Bertz CT molecular complexity index is 742. The van der Waals surface area contributed by atoms with Crippen molar-refractivity contribution in [1.82, 2.24) is 9.97 Å². The Morgan fingerprint density at radius 1 is 0.864 bits per heavy atom. The van der Waals surface area contributed by atoms with E-state index in [0.29, 0.717) is 5.95 Å². The minimum Gasteiger partial charge on any atom is -0.496 e. The van der Waals surface area contributed by atoms with E-state index < -0.39 is 0 Å². The van der Waals surface area contributed by atoms with Gasteiger partial charge in [-0.25, -0.2) is 9.97 Å². The van der Waals surface area contributed by atoms with Gasteiger partial charge in [0.15, 0.2) is 0 Å². The van der Waals surface area contributed by atoms with E-state index in [1.54, 1.807) is 7.11 Å². The highest BCUT2D eigenvalue weighted by atomic mass is 16.5. The molecule has 0 spiro atoms. The molecule has 3 aromatic rings. The maximum Gasteiger partial charge on any atom is 0.229 e. The van der Waals surface area contributed by atoms with Gasteiger partial charge in [-0.15, -0.1) is 0 Å². The highest BCUT2D eigenvalue weighted by Crippen LogP contribution is 2.29. The highest BCUT2D eigenvalue weighted by molar-refractivity contribution is 5.69. The van der Waals surface area contributed by atoms with E-state index in [1.165, 1.54) is 0 Å². The van der Waals surface area contributed by atoms with Gasteiger partial charge < -0.3 is 9.64 Å². The predicted molar refractivity (Wildman–Crippen MR) is 88.5 cm³/mol. The molecule has 0 aliphatic heterocycles. The number of hydrogen-bond acceptors (Lipinski definition) is 4. The monoisotopic (exact) mass is 291 g/mol. The lowest BCUT2D eigenvalue weighted by Gasteiger charge is -2.17. The molecule has 1 heterocycles. The molecule has 0 N–H and O–H groups in total. The lowest BCUT2D eigenvalue weighted by molar-refractivity contribution is 0.416. The van der Waals surface area contributed by atoms with Crippen LogP contribution in [0, 0.1) is 0 Å². The summed E-state index contributed by atoms with van der Waals surface area (Å²) in [6.45, 7) is 0. The predicted octanol–water partition coefficient (Wildman–Crippen LogP) is 3.92. The Labute approximate surface area is 130 Å². The molecule has 0 atom stereocenters. The van der Waals surface area contributed by atoms with E-state index in [1.807, 2.05) is 78.9 Å². The molecule has 2 aromatic carbocycles. The largest absolute Gasteiger partial charge is 0.496 e. The van der Waals surface area contributed by atoms with Crippen molar-refractivity contribution in [1.29, 1.82) is 0 Å². The van der Waals surface area contributed by atoms with Crippen LogP contribution in [-0.4, -0.2) is 24.1 Å². The fourth-order valence-electron chi connectivity index (χ4n) is 2.28. The Hall–Kier alpha value is -2.88. The topological polar surface area (TPSA) is 38.2 Å². The summed E-state index contributed by atoms with van der Waals surface area (Å²) in [7, 11) is 3.62. The quantitative estimate of drug-likeness (QED) is 0.730. The van der Waals surface area contributed by atoms with Gasteiger partial charge in [0, 0.05) is 36.3 Å². The lowest BCUT2D eigenvalue weighted by atomic mass is 10.1. The molecular weight excluding hydrogens is 274 g/mol. The molecule has 110 valence electrons. The van der Waals surface area contributed by atoms with Crippen LogP contribution >= 0.6 is 0 Å². The molecule has 4 nitrogen and oxygen atoms in total. The molecule has 3 rings (SSSR count). The smallest absolute Gasteiger partial charge is 0.229 e. The zero-order valence-electron chi connectivity index (χ0n) is 12.6. The molecule has 4 heteroatoms. The Morgan fingerprint density at radius 3 is 2.18 bits per heavy atom. The van der Waals surface area contributed by atoms with Gasteiger partial charge in [-0.05, 0) is 18.2 Å². The van der Waals surface area contributed by atoms with Crippen molar-refractivity contribution in [3.05, 3.63) is 67.0 Å². The van der Waals surface area contributed by atoms with Crippen molar-refractivity contribution < 1.29 is 4.74 Å². The first kappa shape index (κ1) is 14.1. The fraction of sp³-hybridized carbons (Fsp3) is 0.111. The van der Waals surface area contributed by atoms with Gasteiger partial charge >= 0.3 is 0 Å². The van der Waals surface area contributed by atoms with Crippen molar-refractivity contribution in [3.8, 4) is 16.9 Å². The van der Waals surface area contributed by atoms with Gasteiger partial charge in [-0.2, -0.15) is 0 Å². The summed E-state index contributed by atoms with van der Waals surface area (Å²) in [4.78, 5) is 10.9. The zero-order chi connectivity index (χ0) is 15.4. The molecule has 0 aliphatic rings. The number of aromatic nitrogens is 2. The van der Waals surface area contributed by atoms with Crippen LogP contribution in [0.1, 0.15) is 0 Å². The molecule has 0 fully saturated rings. The van der Waals surface area contributed by atoms with Crippen LogP contribution in [0.4, 0.5) is 11.6 Å². The summed E-state index contributed by atoms with van der Waals surface area (Å²) < 4.78 is 5.38. The summed E-state index contributed by atoms with van der Waals surface area (Å²) in [5.74, 6) is 1.47. The van der Waals surface area contributed by atoms with Crippen molar-refractivity contribution in [2.75, 3.05) is 19.1 Å². The first-order chi connectivity index (χ1) is 10.8. The number of ether oxygens (including phenoxy) is 1. The van der Waals surface area contributed by atoms with Crippen molar-refractivity contribution in [3.63, 3.8) is 0 Å². The van der Waals surface area contributed by atoms with Crippen LogP contribution in [0.2, 0.25) is 0 Å². The van der Waals surface area contributed by atoms with E-state index in [2.05, 4.69) is 9.97 Å². The number of para-hydroxylation sites is 2. The number of benzene rings is 2. The standard InChI is InChI=1S/C18H17N3O/c1-21(15-8-4-3-5-9-15)18-19-12-14(13-20-18)16-10-6-7-11-17(16)22-2/h3-13H,1-2H3. The van der Waals surface area contributed by atoms with Crippen LogP contribution in [0.3, 0.4) is 0 Å². The van der Waals surface area contributed by atoms with Crippen LogP contribution in [-0.2, 0) is 0 Å². The van der Waals surface area contributed by atoms with Crippen molar-refractivity contribution in [2.45, 2.75) is 0 Å². The molecule has 0 saturated carbocycles. The summed E-state index contributed by atoms with van der Waals surface area (Å²) in [5.41, 5.74) is 2.97. The third-order valence-electron chi connectivity index (χ3n) is 3.50. The fourth-order valence-corrected chi connectivity index (χ4v) is 2.28. The molecule has 0 radical (unpaired) electrons. The van der Waals surface area contributed by atoms with E-state index in [0.717, 1.165) is 22.6 Å². The molecule has 0 unspecified atom stereocenters. The summed E-state index contributed by atoms with van der Waals surface area (Å²) in [5, 5.41) is 0. The average Bonchev–Trinajstić information content (AvgIpc) is 2.62. The van der Waals surface area contributed by atoms with Gasteiger partial charge in [-0.1, -0.05) is 36.4 Å².